The van der Waals surface area contributed by atoms with E-state index in [1.165, 1.54) is 12.5 Å². The molecule has 0 aromatic carbocycles. The molecule has 0 atom stereocenters. The van der Waals surface area contributed by atoms with Crippen molar-refractivity contribution in [1.29, 1.82) is 0 Å². The molecule has 1 N–H and O–H groups in total. The fourth-order valence-electron chi connectivity index (χ4n) is 2.06. The van der Waals surface area contributed by atoms with Gasteiger partial charge in [-0.3, -0.25) is 4.79 Å². The maximum atomic E-state index is 10.8. The lowest BCUT2D eigenvalue weighted by molar-refractivity contribution is 0.388. The number of aromatic amines is 1. The summed E-state index contributed by atoms with van der Waals surface area (Å²) in [4.78, 5) is 10.8. The van der Waals surface area contributed by atoms with Crippen LogP contribution >= 0.6 is 0 Å². The Morgan fingerprint density at radius 1 is 1.29 bits per heavy atom. The molecular weight excluding hydrogens is 175 g/mol. The van der Waals surface area contributed by atoms with Gasteiger partial charge >= 0.3 is 0 Å². The number of rotatable bonds is 1. The predicted octanol–water partition coefficient (Wildman–Crippen LogP) is 1.10. The predicted molar refractivity (Wildman–Crippen MR) is 55.4 cm³/mol. The van der Waals surface area contributed by atoms with Gasteiger partial charge < -0.3 is 0 Å². The molecule has 1 saturated carbocycles. The van der Waals surface area contributed by atoms with Crippen LogP contribution in [0.2, 0.25) is 0 Å². The molecule has 14 heavy (non-hydrogen) atoms. The van der Waals surface area contributed by atoms with Crippen molar-refractivity contribution in [2.45, 2.75) is 37.4 Å². The van der Waals surface area contributed by atoms with Crippen molar-refractivity contribution in [3.05, 3.63) is 28.2 Å². The minimum atomic E-state index is -0.317. The van der Waals surface area contributed by atoms with Crippen molar-refractivity contribution in [2.24, 2.45) is 0 Å². The molecule has 0 amide bonds. The Kier molecular flexibility index (Phi) is 2.44. The van der Waals surface area contributed by atoms with Gasteiger partial charge in [0, 0.05) is 6.07 Å². The zero-order chi connectivity index (χ0) is 10.0. The van der Waals surface area contributed by atoms with Gasteiger partial charge in [-0.15, -0.1) is 0 Å². The van der Waals surface area contributed by atoms with E-state index in [4.69, 9.17) is 7.85 Å². The van der Waals surface area contributed by atoms with Crippen LogP contribution < -0.4 is 5.56 Å². The van der Waals surface area contributed by atoms with E-state index in [0.717, 1.165) is 31.4 Å². The van der Waals surface area contributed by atoms with Crippen molar-refractivity contribution in [3.63, 3.8) is 0 Å². The molecule has 0 bridgehead atoms. The van der Waals surface area contributed by atoms with Gasteiger partial charge in [0.05, 0.1) is 13.5 Å². The van der Waals surface area contributed by atoms with Crippen molar-refractivity contribution in [2.75, 3.05) is 0 Å². The lowest BCUT2D eigenvalue weighted by Crippen LogP contribution is -2.31. The Balaban J connectivity index is 2.28. The summed E-state index contributed by atoms with van der Waals surface area (Å²) in [5.74, 6) is 0. The molecule has 0 spiro atoms. The Labute approximate surface area is 84.3 Å². The van der Waals surface area contributed by atoms with Gasteiger partial charge in [0.1, 0.15) is 0 Å². The summed E-state index contributed by atoms with van der Waals surface area (Å²) in [6.45, 7) is 0. The fraction of sp³-hybridized carbons (Fsp3) is 0.600. The van der Waals surface area contributed by atoms with Crippen molar-refractivity contribution in [1.82, 2.24) is 10.2 Å². The Morgan fingerprint density at radius 3 is 2.57 bits per heavy atom. The summed E-state index contributed by atoms with van der Waals surface area (Å²) in [6, 6.07) is 3.23. The summed E-state index contributed by atoms with van der Waals surface area (Å²) >= 11 is 0. The lowest BCUT2D eigenvalue weighted by Gasteiger charge is -2.33. The van der Waals surface area contributed by atoms with Crippen LogP contribution in [0.1, 0.15) is 37.8 Å². The van der Waals surface area contributed by atoms with Crippen molar-refractivity contribution in [3.8, 4) is 0 Å². The van der Waals surface area contributed by atoms with E-state index < -0.39 is 0 Å². The first kappa shape index (κ1) is 9.50. The second-order valence-electron chi connectivity index (χ2n) is 4.02. The molecule has 0 saturated heterocycles. The number of nitrogens with one attached hydrogen (secondary N) is 1. The van der Waals surface area contributed by atoms with Gasteiger partial charge in [-0.25, -0.2) is 5.10 Å². The Bertz CT molecular complexity index is 348. The van der Waals surface area contributed by atoms with E-state index in [2.05, 4.69) is 10.2 Å². The van der Waals surface area contributed by atoms with Gasteiger partial charge in [0.2, 0.25) is 0 Å². The van der Waals surface area contributed by atoms with Crippen LogP contribution in [0.3, 0.4) is 0 Å². The molecule has 2 radical (unpaired) electrons. The molecule has 1 aromatic rings. The van der Waals surface area contributed by atoms with Gasteiger partial charge in [-0.2, -0.15) is 5.10 Å². The Hall–Kier alpha value is -1.06. The smallest absolute Gasteiger partial charge is 0.264 e. The molecule has 1 aliphatic carbocycles. The molecule has 3 nitrogen and oxygen atoms in total. The van der Waals surface area contributed by atoms with Crippen LogP contribution in [0.15, 0.2) is 16.9 Å². The SMILES string of the molecule is [B]C1(c2ccc(=O)[nH]n2)CCCCC1. The second kappa shape index (κ2) is 3.60. The molecule has 1 aliphatic rings. The first-order valence-electron chi connectivity index (χ1n) is 5.06. The third kappa shape index (κ3) is 1.74. The van der Waals surface area contributed by atoms with Crippen LogP contribution in [0, 0.1) is 0 Å². The van der Waals surface area contributed by atoms with Crippen LogP contribution in [-0.2, 0) is 5.31 Å². The minimum absolute atomic E-state index is 0.173. The highest BCUT2D eigenvalue weighted by Gasteiger charge is 2.29. The van der Waals surface area contributed by atoms with Gasteiger partial charge in [-0.05, 0) is 11.4 Å². The fourth-order valence-corrected chi connectivity index (χ4v) is 2.06. The van der Waals surface area contributed by atoms with E-state index in [0.29, 0.717) is 0 Å². The quantitative estimate of drug-likeness (QED) is 0.670. The van der Waals surface area contributed by atoms with Gasteiger partial charge in [-0.1, -0.05) is 32.1 Å². The van der Waals surface area contributed by atoms with Gasteiger partial charge in [0.25, 0.3) is 5.56 Å². The van der Waals surface area contributed by atoms with E-state index in [1.807, 2.05) is 0 Å². The summed E-state index contributed by atoms with van der Waals surface area (Å²) in [7, 11) is 6.25. The number of hydrogen-bond donors (Lipinski definition) is 1. The number of H-pyrrole nitrogens is 1. The zero-order valence-electron chi connectivity index (χ0n) is 8.12. The Morgan fingerprint density at radius 2 is 2.00 bits per heavy atom. The first-order chi connectivity index (χ1) is 6.71. The van der Waals surface area contributed by atoms with Crippen LogP contribution in [0.5, 0.6) is 0 Å². The number of nitrogens with zero attached hydrogens (tertiary/aromatic N) is 1. The maximum absolute atomic E-state index is 10.8. The molecule has 1 heterocycles. The van der Waals surface area contributed by atoms with Crippen LogP contribution in [-0.4, -0.2) is 18.0 Å². The van der Waals surface area contributed by atoms with E-state index >= 15 is 0 Å². The average Bonchev–Trinajstić information content (AvgIpc) is 2.19. The molecular formula is C10H13BN2O. The monoisotopic (exact) mass is 188 g/mol. The van der Waals surface area contributed by atoms with Crippen LogP contribution in [0.25, 0.3) is 0 Å². The highest BCUT2D eigenvalue weighted by atomic mass is 16.1. The average molecular weight is 188 g/mol. The zero-order valence-corrected chi connectivity index (χ0v) is 8.12. The van der Waals surface area contributed by atoms with E-state index in [1.54, 1.807) is 6.07 Å². The molecule has 0 unspecified atom stereocenters. The third-order valence-electron chi connectivity index (χ3n) is 2.94. The summed E-state index contributed by atoms with van der Waals surface area (Å²) in [5.41, 5.74) is 0.643. The number of aromatic nitrogens is 2. The third-order valence-corrected chi connectivity index (χ3v) is 2.94. The first-order valence-corrected chi connectivity index (χ1v) is 5.06. The maximum Gasteiger partial charge on any atom is 0.264 e. The highest BCUT2D eigenvalue weighted by molar-refractivity contribution is 6.15. The summed E-state index contributed by atoms with van der Waals surface area (Å²) in [5, 5.41) is 6.13. The minimum Gasteiger partial charge on any atom is -0.268 e. The van der Waals surface area contributed by atoms with Crippen LogP contribution in [0.4, 0.5) is 0 Å². The largest absolute Gasteiger partial charge is 0.268 e. The molecule has 0 aliphatic heterocycles. The van der Waals surface area contributed by atoms with E-state index in [9.17, 15) is 4.79 Å². The highest BCUT2D eigenvalue weighted by Crippen LogP contribution is 2.34. The molecule has 1 aromatic heterocycles. The molecule has 1 fully saturated rings. The van der Waals surface area contributed by atoms with Crippen molar-refractivity contribution < 1.29 is 0 Å². The topological polar surface area (TPSA) is 45.8 Å². The molecule has 2 rings (SSSR count). The summed E-state index contributed by atoms with van der Waals surface area (Å²) in [6.07, 6.45) is 5.48. The van der Waals surface area contributed by atoms with E-state index in [-0.39, 0.29) is 10.9 Å². The number of hydrogen-bond acceptors (Lipinski definition) is 2. The van der Waals surface area contributed by atoms with Crippen molar-refractivity contribution >= 4 is 7.85 Å². The normalized spacial score (nSPS) is 20.6. The summed E-state index contributed by atoms with van der Waals surface area (Å²) < 4.78 is 0. The van der Waals surface area contributed by atoms with Gasteiger partial charge in [0.15, 0.2) is 0 Å². The lowest BCUT2D eigenvalue weighted by atomic mass is 9.58. The molecule has 4 heteroatoms. The second-order valence-corrected chi connectivity index (χ2v) is 4.02. The standard InChI is InChI=1S/C10H13BN2O/c11-10(6-2-1-3-7-10)8-4-5-9(14)13-12-8/h4-5H,1-3,6-7H2,(H,13,14). The molecule has 72 valence electrons.